The van der Waals surface area contributed by atoms with Crippen LogP contribution in [0.1, 0.15) is 26.7 Å². The molecule has 2 rings (SSSR count). The van der Waals surface area contributed by atoms with E-state index in [1.807, 2.05) is 6.07 Å². The van der Waals surface area contributed by atoms with Gasteiger partial charge in [-0.2, -0.15) is 0 Å². The van der Waals surface area contributed by atoms with Crippen LogP contribution in [0.3, 0.4) is 0 Å². The van der Waals surface area contributed by atoms with Crippen molar-refractivity contribution in [3.8, 4) is 0 Å². The van der Waals surface area contributed by atoms with E-state index >= 15 is 0 Å². The van der Waals surface area contributed by atoms with E-state index in [1.165, 1.54) is 6.26 Å². The standard InChI is InChI=1S/C14H22N2O2S/c1-10-7-8-16(11(2)9-10)12-5-4-6-13(14(12)15)19(3,17)18/h4-6,10-11H,7-9,15H2,1-3H3. The van der Waals surface area contributed by atoms with E-state index in [1.54, 1.807) is 12.1 Å². The second kappa shape index (κ2) is 5.04. The number of nitrogens with zero attached hydrogens (tertiary/aromatic N) is 1. The first-order valence-corrected chi connectivity index (χ1v) is 8.55. The highest BCUT2D eigenvalue weighted by atomic mass is 32.2. The molecule has 1 aliphatic rings. The average molecular weight is 282 g/mol. The number of hydrogen-bond acceptors (Lipinski definition) is 4. The van der Waals surface area contributed by atoms with Gasteiger partial charge in [0.2, 0.25) is 0 Å². The summed E-state index contributed by atoms with van der Waals surface area (Å²) in [5.41, 5.74) is 7.31. The van der Waals surface area contributed by atoms with Crippen molar-refractivity contribution >= 4 is 21.2 Å². The highest BCUT2D eigenvalue weighted by Crippen LogP contribution is 2.34. The van der Waals surface area contributed by atoms with Gasteiger partial charge in [-0.15, -0.1) is 0 Å². The number of piperidine rings is 1. The third kappa shape index (κ3) is 2.86. The number of sulfone groups is 1. The van der Waals surface area contributed by atoms with Gasteiger partial charge in [0.05, 0.1) is 16.3 Å². The second-order valence-corrected chi connectivity index (χ2v) is 7.62. The highest BCUT2D eigenvalue weighted by molar-refractivity contribution is 7.90. The average Bonchev–Trinajstić information content (AvgIpc) is 2.28. The molecule has 2 N–H and O–H groups in total. The smallest absolute Gasteiger partial charge is 0.177 e. The van der Waals surface area contributed by atoms with E-state index in [-0.39, 0.29) is 4.90 Å². The van der Waals surface area contributed by atoms with Crippen molar-refractivity contribution in [2.75, 3.05) is 23.4 Å². The van der Waals surface area contributed by atoms with Crippen LogP contribution in [-0.2, 0) is 9.84 Å². The summed E-state index contributed by atoms with van der Waals surface area (Å²) in [4.78, 5) is 2.46. The fourth-order valence-electron chi connectivity index (χ4n) is 2.87. The lowest BCUT2D eigenvalue weighted by Crippen LogP contribution is -2.40. The quantitative estimate of drug-likeness (QED) is 0.845. The number of nitrogens with two attached hydrogens (primary N) is 1. The fraction of sp³-hybridized carbons (Fsp3) is 0.571. The molecule has 1 aliphatic heterocycles. The van der Waals surface area contributed by atoms with Crippen LogP contribution in [0.4, 0.5) is 11.4 Å². The van der Waals surface area contributed by atoms with Crippen molar-refractivity contribution in [1.82, 2.24) is 0 Å². The second-order valence-electron chi connectivity index (χ2n) is 5.63. The third-order valence-electron chi connectivity index (χ3n) is 3.89. The predicted octanol–water partition coefficient (Wildman–Crippen LogP) is 2.30. The molecular formula is C14H22N2O2S. The lowest BCUT2D eigenvalue weighted by atomic mass is 9.93. The number of anilines is 2. The molecule has 0 bridgehead atoms. The van der Waals surface area contributed by atoms with Crippen molar-refractivity contribution in [3.63, 3.8) is 0 Å². The first-order valence-electron chi connectivity index (χ1n) is 6.66. The van der Waals surface area contributed by atoms with Crippen LogP contribution < -0.4 is 10.6 Å². The Morgan fingerprint density at radius 2 is 2.00 bits per heavy atom. The molecule has 0 spiro atoms. The highest BCUT2D eigenvalue weighted by Gasteiger charge is 2.26. The van der Waals surface area contributed by atoms with Gasteiger partial charge in [-0.05, 0) is 37.8 Å². The summed E-state index contributed by atoms with van der Waals surface area (Å²) in [6.07, 6.45) is 3.43. The Morgan fingerprint density at radius 3 is 2.58 bits per heavy atom. The molecule has 19 heavy (non-hydrogen) atoms. The van der Waals surface area contributed by atoms with Crippen molar-refractivity contribution in [1.29, 1.82) is 0 Å². The Morgan fingerprint density at radius 1 is 1.32 bits per heavy atom. The van der Waals surface area contributed by atoms with Crippen molar-refractivity contribution < 1.29 is 8.42 Å². The molecule has 1 aromatic rings. The number of para-hydroxylation sites is 1. The Labute approximate surface area is 115 Å². The lowest BCUT2D eigenvalue weighted by molar-refractivity contribution is 0.378. The molecule has 0 aromatic heterocycles. The van der Waals surface area contributed by atoms with Gasteiger partial charge in [0.1, 0.15) is 0 Å². The maximum Gasteiger partial charge on any atom is 0.177 e. The Bertz CT molecular complexity index is 569. The molecule has 1 saturated heterocycles. The van der Waals surface area contributed by atoms with Gasteiger partial charge in [0.25, 0.3) is 0 Å². The summed E-state index contributed by atoms with van der Waals surface area (Å²) in [5.74, 6) is 0.713. The van der Waals surface area contributed by atoms with Gasteiger partial charge in [0, 0.05) is 18.8 Å². The molecule has 0 saturated carbocycles. The zero-order valence-corrected chi connectivity index (χ0v) is 12.6. The van der Waals surface area contributed by atoms with E-state index in [2.05, 4.69) is 18.7 Å². The zero-order valence-electron chi connectivity index (χ0n) is 11.8. The summed E-state index contributed by atoms with van der Waals surface area (Å²) in [6.45, 7) is 5.35. The molecule has 5 heteroatoms. The molecule has 2 atom stereocenters. The maximum absolute atomic E-state index is 11.7. The van der Waals surface area contributed by atoms with Crippen LogP contribution in [-0.4, -0.2) is 27.3 Å². The van der Waals surface area contributed by atoms with Gasteiger partial charge in [0.15, 0.2) is 9.84 Å². The normalized spacial score (nSPS) is 24.5. The fourth-order valence-corrected chi connectivity index (χ4v) is 3.70. The molecule has 2 unspecified atom stereocenters. The van der Waals surface area contributed by atoms with Gasteiger partial charge in [-0.3, -0.25) is 0 Å². The van der Waals surface area contributed by atoms with Crippen LogP contribution in [0.25, 0.3) is 0 Å². The minimum absolute atomic E-state index is 0.232. The Balaban J connectivity index is 2.41. The minimum atomic E-state index is -3.27. The Kier molecular flexibility index (Phi) is 3.76. The number of hydrogen-bond donors (Lipinski definition) is 1. The van der Waals surface area contributed by atoms with Crippen LogP contribution in [0.5, 0.6) is 0 Å². The van der Waals surface area contributed by atoms with Crippen molar-refractivity contribution in [3.05, 3.63) is 18.2 Å². The number of nitrogen functional groups attached to an aromatic ring is 1. The van der Waals surface area contributed by atoms with Crippen molar-refractivity contribution in [2.24, 2.45) is 5.92 Å². The topological polar surface area (TPSA) is 63.4 Å². The minimum Gasteiger partial charge on any atom is -0.396 e. The van der Waals surface area contributed by atoms with Gasteiger partial charge in [-0.1, -0.05) is 13.0 Å². The molecule has 4 nitrogen and oxygen atoms in total. The SMILES string of the molecule is CC1CCN(c2cccc(S(C)(=O)=O)c2N)C(C)C1. The van der Waals surface area contributed by atoms with Crippen molar-refractivity contribution in [2.45, 2.75) is 37.6 Å². The van der Waals surface area contributed by atoms with E-state index in [9.17, 15) is 8.42 Å². The number of benzene rings is 1. The lowest BCUT2D eigenvalue weighted by Gasteiger charge is -2.39. The van der Waals surface area contributed by atoms with E-state index in [0.717, 1.165) is 25.1 Å². The molecule has 1 fully saturated rings. The first kappa shape index (κ1) is 14.2. The molecule has 0 radical (unpaired) electrons. The van der Waals surface area contributed by atoms with Crippen LogP contribution >= 0.6 is 0 Å². The molecule has 1 heterocycles. The Hall–Kier alpha value is -1.23. The maximum atomic E-state index is 11.7. The summed E-state index contributed by atoms with van der Waals surface area (Å²) >= 11 is 0. The molecular weight excluding hydrogens is 260 g/mol. The molecule has 1 aromatic carbocycles. The molecule has 0 aliphatic carbocycles. The van der Waals surface area contributed by atoms with Gasteiger partial charge < -0.3 is 10.6 Å². The summed E-state index contributed by atoms with van der Waals surface area (Å²) in [5, 5.41) is 0. The van der Waals surface area contributed by atoms with E-state index < -0.39 is 9.84 Å². The van der Waals surface area contributed by atoms with Crippen LogP contribution in [0, 0.1) is 5.92 Å². The zero-order chi connectivity index (χ0) is 14.2. The van der Waals surface area contributed by atoms with E-state index in [4.69, 9.17) is 5.73 Å². The van der Waals surface area contributed by atoms with Gasteiger partial charge >= 0.3 is 0 Å². The molecule has 0 amide bonds. The van der Waals surface area contributed by atoms with Crippen LogP contribution in [0.15, 0.2) is 23.1 Å². The van der Waals surface area contributed by atoms with E-state index in [0.29, 0.717) is 17.6 Å². The third-order valence-corrected chi connectivity index (χ3v) is 5.05. The largest absolute Gasteiger partial charge is 0.396 e. The molecule has 106 valence electrons. The summed E-state index contributed by atoms with van der Waals surface area (Å²) in [7, 11) is -3.27. The predicted molar refractivity (Wildman–Crippen MR) is 79.2 cm³/mol. The van der Waals surface area contributed by atoms with Crippen LogP contribution in [0.2, 0.25) is 0 Å². The first-order chi connectivity index (χ1) is 8.80. The summed E-state index contributed by atoms with van der Waals surface area (Å²) < 4.78 is 23.4. The van der Waals surface area contributed by atoms with Gasteiger partial charge in [-0.25, -0.2) is 8.42 Å². The monoisotopic (exact) mass is 282 g/mol. The summed E-state index contributed by atoms with van der Waals surface area (Å²) in [6, 6.07) is 5.65. The number of rotatable bonds is 2.